The molecule has 74 valence electrons. The van der Waals surface area contributed by atoms with Crippen LogP contribution in [-0.2, 0) is 4.74 Å². The van der Waals surface area contributed by atoms with E-state index in [0.717, 1.165) is 26.3 Å². The fourth-order valence-corrected chi connectivity index (χ4v) is 3.82. The first kappa shape index (κ1) is 9.74. The molecule has 0 unspecified atom stereocenters. The van der Waals surface area contributed by atoms with Crippen LogP contribution in [-0.4, -0.2) is 42.7 Å². The minimum absolute atomic E-state index is 0.888. The highest BCUT2D eigenvalue weighted by molar-refractivity contribution is 8.22. The first-order valence-electron chi connectivity index (χ1n) is 4.74. The van der Waals surface area contributed by atoms with Crippen LogP contribution >= 0.6 is 23.5 Å². The van der Waals surface area contributed by atoms with Crippen molar-refractivity contribution in [1.29, 1.82) is 0 Å². The summed E-state index contributed by atoms with van der Waals surface area (Å²) in [5, 5.41) is 0. The molecule has 0 aromatic rings. The summed E-state index contributed by atoms with van der Waals surface area (Å²) in [6.45, 7) is 3.90. The van der Waals surface area contributed by atoms with Crippen molar-refractivity contribution < 1.29 is 4.74 Å². The molecular formula is C9H15NOS2. The molecule has 0 amide bonds. The number of thioether (sulfide) groups is 2. The summed E-state index contributed by atoms with van der Waals surface area (Å²) in [6.07, 6.45) is 3.67. The summed E-state index contributed by atoms with van der Waals surface area (Å²) in [7, 11) is 0. The molecule has 2 rings (SSSR count). The van der Waals surface area contributed by atoms with Crippen LogP contribution < -0.4 is 0 Å². The minimum Gasteiger partial charge on any atom is -0.378 e. The zero-order valence-corrected chi connectivity index (χ0v) is 9.33. The van der Waals surface area contributed by atoms with Crippen LogP contribution in [0.5, 0.6) is 0 Å². The first-order valence-corrected chi connectivity index (χ1v) is 6.71. The van der Waals surface area contributed by atoms with Crippen molar-refractivity contribution in [2.24, 2.45) is 0 Å². The number of hydrogen-bond donors (Lipinski definition) is 0. The van der Waals surface area contributed by atoms with Crippen molar-refractivity contribution in [3.05, 3.63) is 10.4 Å². The van der Waals surface area contributed by atoms with E-state index in [1.54, 1.807) is 0 Å². The van der Waals surface area contributed by atoms with Gasteiger partial charge in [0.25, 0.3) is 0 Å². The van der Waals surface area contributed by atoms with Crippen molar-refractivity contribution in [2.75, 3.05) is 37.8 Å². The van der Waals surface area contributed by atoms with Crippen molar-refractivity contribution in [1.82, 2.24) is 4.90 Å². The molecule has 2 fully saturated rings. The van der Waals surface area contributed by atoms with Gasteiger partial charge in [-0.2, -0.15) is 0 Å². The van der Waals surface area contributed by atoms with Crippen LogP contribution in [0.15, 0.2) is 10.4 Å². The molecule has 0 aliphatic carbocycles. The van der Waals surface area contributed by atoms with E-state index >= 15 is 0 Å². The number of nitrogens with zero attached hydrogens (tertiary/aromatic N) is 1. The normalized spacial score (nSPS) is 24.6. The average molecular weight is 217 g/mol. The molecule has 0 aromatic heterocycles. The van der Waals surface area contributed by atoms with Crippen molar-refractivity contribution in [3.8, 4) is 0 Å². The summed E-state index contributed by atoms with van der Waals surface area (Å²) in [5.74, 6) is 2.59. The maximum absolute atomic E-state index is 5.30. The molecule has 0 saturated carbocycles. The zero-order valence-electron chi connectivity index (χ0n) is 7.70. The van der Waals surface area contributed by atoms with Crippen LogP contribution in [0.25, 0.3) is 0 Å². The summed E-state index contributed by atoms with van der Waals surface area (Å²) < 4.78 is 6.80. The number of ether oxygens (including phenoxy) is 1. The molecule has 4 heteroatoms. The lowest BCUT2D eigenvalue weighted by molar-refractivity contribution is 0.0594. The van der Waals surface area contributed by atoms with E-state index in [1.165, 1.54) is 22.2 Å². The molecule has 2 aliphatic heterocycles. The Morgan fingerprint density at radius 3 is 2.54 bits per heavy atom. The van der Waals surface area contributed by atoms with Gasteiger partial charge in [0.2, 0.25) is 0 Å². The van der Waals surface area contributed by atoms with Gasteiger partial charge in [-0.15, -0.1) is 23.5 Å². The third kappa shape index (κ3) is 3.11. The van der Waals surface area contributed by atoms with E-state index in [0.29, 0.717) is 0 Å². The highest BCUT2D eigenvalue weighted by Gasteiger charge is 2.10. The number of morpholine rings is 1. The first-order chi connectivity index (χ1) is 6.45. The van der Waals surface area contributed by atoms with Gasteiger partial charge in [0.05, 0.1) is 17.5 Å². The SMILES string of the molecule is C(=C1SCCCS1)N1CCOCC1. The summed E-state index contributed by atoms with van der Waals surface area (Å²) >= 11 is 4.00. The second-order valence-electron chi connectivity index (χ2n) is 3.15. The van der Waals surface area contributed by atoms with Gasteiger partial charge in [0.1, 0.15) is 0 Å². The van der Waals surface area contributed by atoms with Gasteiger partial charge >= 0.3 is 0 Å². The van der Waals surface area contributed by atoms with Crippen molar-refractivity contribution >= 4 is 23.5 Å². The minimum atomic E-state index is 0.888. The van der Waals surface area contributed by atoms with E-state index in [1.807, 2.05) is 23.5 Å². The number of rotatable bonds is 1. The topological polar surface area (TPSA) is 12.5 Å². The van der Waals surface area contributed by atoms with Gasteiger partial charge in [-0.1, -0.05) is 0 Å². The van der Waals surface area contributed by atoms with E-state index in [9.17, 15) is 0 Å². The Labute approximate surface area is 88.1 Å². The van der Waals surface area contributed by atoms with Gasteiger partial charge in [0.15, 0.2) is 0 Å². The Balaban J connectivity index is 1.85. The Morgan fingerprint density at radius 2 is 1.85 bits per heavy atom. The molecule has 0 bridgehead atoms. The van der Waals surface area contributed by atoms with Gasteiger partial charge in [-0.05, 0) is 17.9 Å². The predicted octanol–water partition coefficient (Wildman–Crippen LogP) is 1.99. The second kappa shape index (κ2) is 5.17. The third-order valence-electron chi connectivity index (χ3n) is 2.11. The molecule has 0 radical (unpaired) electrons. The second-order valence-corrected chi connectivity index (χ2v) is 5.68. The average Bonchev–Trinajstić information content (AvgIpc) is 2.21. The summed E-state index contributed by atoms with van der Waals surface area (Å²) in [6, 6.07) is 0. The maximum atomic E-state index is 5.30. The van der Waals surface area contributed by atoms with Crippen LogP contribution in [0, 0.1) is 0 Å². The lowest BCUT2D eigenvalue weighted by Gasteiger charge is -2.26. The fraction of sp³-hybridized carbons (Fsp3) is 0.778. The standard InChI is InChI=1S/C9H15NOS2/c1-6-12-9(13-7-1)8-10-2-4-11-5-3-10/h8H,1-7H2. The Hall–Kier alpha value is 0.200. The zero-order chi connectivity index (χ0) is 8.93. The Bertz CT molecular complexity index is 182. The third-order valence-corrected chi connectivity index (χ3v) is 4.58. The fourth-order valence-electron chi connectivity index (χ4n) is 1.38. The highest BCUT2D eigenvalue weighted by atomic mass is 32.2. The monoisotopic (exact) mass is 217 g/mol. The van der Waals surface area contributed by atoms with E-state index in [-0.39, 0.29) is 0 Å². The van der Waals surface area contributed by atoms with Gasteiger partial charge in [-0.25, -0.2) is 0 Å². The molecule has 2 heterocycles. The molecule has 0 atom stereocenters. The predicted molar refractivity (Wildman–Crippen MR) is 60.0 cm³/mol. The van der Waals surface area contributed by atoms with Crippen LogP contribution in [0.4, 0.5) is 0 Å². The Kier molecular flexibility index (Phi) is 3.88. The largest absolute Gasteiger partial charge is 0.378 e. The van der Waals surface area contributed by atoms with Crippen LogP contribution in [0.1, 0.15) is 6.42 Å². The molecule has 0 spiro atoms. The maximum Gasteiger partial charge on any atom is 0.0642 e. The summed E-state index contributed by atoms with van der Waals surface area (Å²) in [4.78, 5) is 2.38. The quantitative estimate of drug-likeness (QED) is 0.665. The summed E-state index contributed by atoms with van der Waals surface area (Å²) in [5.41, 5.74) is 0. The van der Waals surface area contributed by atoms with Gasteiger partial charge in [-0.3, -0.25) is 0 Å². The lowest BCUT2D eigenvalue weighted by Crippen LogP contribution is -2.32. The lowest BCUT2D eigenvalue weighted by atomic mass is 10.4. The molecule has 0 N–H and O–H groups in total. The molecular weight excluding hydrogens is 202 g/mol. The van der Waals surface area contributed by atoms with E-state index in [4.69, 9.17) is 4.74 Å². The number of hydrogen-bond acceptors (Lipinski definition) is 4. The molecule has 0 aromatic carbocycles. The van der Waals surface area contributed by atoms with E-state index in [2.05, 4.69) is 11.1 Å². The van der Waals surface area contributed by atoms with Crippen molar-refractivity contribution in [3.63, 3.8) is 0 Å². The molecule has 2 aliphatic rings. The van der Waals surface area contributed by atoms with E-state index < -0.39 is 0 Å². The van der Waals surface area contributed by atoms with Gasteiger partial charge < -0.3 is 9.64 Å². The smallest absolute Gasteiger partial charge is 0.0642 e. The van der Waals surface area contributed by atoms with Crippen LogP contribution in [0.3, 0.4) is 0 Å². The van der Waals surface area contributed by atoms with Crippen molar-refractivity contribution in [2.45, 2.75) is 6.42 Å². The molecule has 2 nitrogen and oxygen atoms in total. The molecule has 13 heavy (non-hydrogen) atoms. The molecule has 2 saturated heterocycles. The Morgan fingerprint density at radius 1 is 1.15 bits per heavy atom. The van der Waals surface area contributed by atoms with Gasteiger partial charge in [0, 0.05) is 19.3 Å². The van der Waals surface area contributed by atoms with Crippen LogP contribution in [0.2, 0.25) is 0 Å². The highest BCUT2D eigenvalue weighted by Crippen LogP contribution is 2.34.